The molecule has 0 aliphatic carbocycles. The second-order valence-corrected chi connectivity index (χ2v) is 8.70. The SMILES string of the molecule is O=C(/C=C/c1ccc2ccccc2c1)Oc1cccc2cccc(-c3cccc4cccc(O)c34)c12. The Kier molecular flexibility index (Phi) is 5.44. The maximum atomic E-state index is 12.9. The Balaban J connectivity index is 1.39. The topological polar surface area (TPSA) is 46.5 Å². The molecule has 3 heteroatoms. The summed E-state index contributed by atoms with van der Waals surface area (Å²) in [6, 6.07) is 37.2. The summed E-state index contributed by atoms with van der Waals surface area (Å²) in [5, 5.41) is 16.4. The maximum absolute atomic E-state index is 12.9. The number of hydrogen-bond acceptors (Lipinski definition) is 3. The summed E-state index contributed by atoms with van der Waals surface area (Å²) in [6.45, 7) is 0. The highest BCUT2D eigenvalue weighted by Crippen LogP contribution is 2.41. The van der Waals surface area contributed by atoms with Crippen molar-refractivity contribution in [2.75, 3.05) is 0 Å². The third kappa shape index (κ3) is 3.97. The van der Waals surface area contributed by atoms with E-state index in [-0.39, 0.29) is 5.75 Å². The monoisotopic (exact) mass is 466 g/mol. The van der Waals surface area contributed by atoms with Crippen molar-refractivity contribution in [2.24, 2.45) is 0 Å². The van der Waals surface area contributed by atoms with Crippen LogP contribution in [0.3, 0.4) is 0 Å². The van der Waals surface area contributed by atoms with E-state index in [9.17, 15) is 9.90 Å². The zero-order valence-corrected chi connectivity index (χ0v) is 19.4. The number of rotatable bonds is 4. The number of carbonyl (C=O) groups excluding carboxylic acids is 1. The van der Waals surface area contributed by atoms with Crippen LogP contribution in [0.5, 0.6) is 11.5 Å². The fourth-order valence-electron chi connectivity index (χ4n) is 4.78. The first-order valence-corrected chi connectivity index (χ1v) is 11.8. The standard InChI is InChI=1S/C33H22O3/c34-29-15-5-11-24-9-3-13-27(32(24)29)28-14-4-10-25-12-6-16-30(33(25)28)36-31(35)20-18-22-17-19-23-7-1-2-8-26(23)21-22/h1-21,34H/b20-18+. The molecule has 0 heterocycles. The second kappa shape index (κ2) is 9.05. The number of ether oxygens (including phenoxy) is 1. The van der Waals surface area contributed by atoms with Gasteiger partial charge in [-0.15, -0.1) is 0 Å². The van der Waals surface area contributed by atoms with Gasteiger partial charge < -0.3 is 9.84 Å². The summed E-state index contributed by atoms with van der Waals surface area (Å²) in [5.41, 5.74) is 2.70. The van der Waals surface area contributed by atoms with Gasteiger partial charge in [0.25, 0.3) is 0 Å². The predicted molar refractivity (Wildman–Crippen MR) is 147 cm³/mol. The molecule has 6 aromatic carbocycles. The van der Waals surface area contributed by atoms with Gasteiger partial charge in [0, 0.05) is 16.8 Å². The van der Waals surface area contributed by atoms with E-state index >= 15 is 0 Å². The minimum absolute atomic E-state index is 0.216. The fraction of sp³-hybridized carbons (Fsp3) is 0. The van der Waals surface area contributed by atoms with Gasteiger partial charge in [-0.1, -0.05) is 97.1 Å². The van der Waals surface area contributed by atoms with Crippen LogP contribution in [0, 0.1) is 0 Å². The van der Waals surface area contributed by atoms with Gasteiger partial charge >= 0.3 is 5.97 Å². The van der Waals surface area contributed by atoms with Crippen LogP contribution in [0.15, 0.2) is 121 Å². The van der Waals surface area contributed by atoms with E-state index in [4.69, 9.17) is 4.74 Å². The number of hydrogen-bond donors (Lipinski definition) is 1. The zero-order valence-electron chi connectivity index (χ0n) is 19.4. The van der Waals surface area contributed by atoms with Crippen LogP contribution in [0.1, 0.15) is 5.56 Å². The molecule has 3 nitrogen and oxygen atoms in total. The van der Waals surface area contributed by atoms with E-state index in [0.29, 0.717) is 5.75 Å². The first-order chi connectivity index (χ1) is 17.7. The van der Waals surface area contributed by atoms with Gasteiger partial charge in [-0.25, -0.2) is 4.79 Å². The second-order valence-electron chi connectivity index (χ2n) is 8.70. The van der Waals surface area contributed by atoms with E-state index < -0.39 is 5.97 Å². The molecule has 0 saturated heterocycles. The number of fused-ring (bicyclic) bond motifs is 3. The van der Waals surface area contributed by atoms with Crippen molar-refractivity contribution in [2.45, 2.75) is 0 Å². The minimum atomic E-state index is -0.453. The van der Waals surface area contributed by atoms with Crippen molar-refractivity contribution in [3.63, 3.8) is 0 Å². The third-order valence-corrected chi connectivity index (χ3v) is 6.44. The summed E-state index contributed by atoms with van der Waals surface area (Å²) in [6.07, 6.45) is 3.22. The van der Waals surface area contributed by atoms with E-state index in [0.717, 1.165) is 49.0 Å². The van der Waals surface area contributed by atoms with Crippen LogP contribution in [0.4, 0.5) is 0 Å². The molecule has 0 atom stereocenters. The van der Waals surface area contributed by atoms with E-state index in [1.165, 1.54) is 6.08 Å². The van der Waals surface area contributed by atoms with Gasteiger partial charge in [-0.2, -0.15) is 0 Å². The molecule has 0 spiro atoms. The quantitative estimate of drug-likeness (QED) is 0.162. The molecule has 172 valence electrons. The summed E-state index contributed by atoms with van der Waals surface area (Å²) < 4.78 is 5.85. The van der Waals surface area contributed by atoms with Crippen LogP contribution in [-0.2, 0) is 4.79 Å². The molecule has 0 saturated carbocycles. The molecular weight excluding hydrogens is 444 g/mol. The molecular formula is C33H22O3. The van der Waals surface area contributed by atoms with Gasteiger partial charge in [-0.3, -0.25) is 0 Å². The largest absolute Gasteiger partial charge is 0.507 e. The van der Waals surface area contributed by atoms with E-state index in [1.54, 1.807) is 18.2 Å². The first-order valence-electron chi connectivity index (χ1n) is 11.8. The number of benzene rings is 6. The fourth-order valence-corrected chi connectivity index (χ4v) is 4.78. The first kappa shape index (κ1) is 21.6. The third-order valence-electron chi connectivity index (χ3n) is 6.44. The van der Waals surface area contributed by atoms with Crippen molar-refractivity contribution >= 4 is 44.4 Å². The molecule has 0 aliphatic heterocycles. The Morgan fingerprint density at radius 2 is 1.22 bits per heavy atom. The van der Waals surface area contributed by atoms with Crippen LogP contribution >= 0.6 is 0 Å². The van der Waals surface area contributed by atoms with Gasteiger partial charge in [0.15, 0.2) is 0 Å². The Hall–Kier alpha value is -4.89. The number of phenols is 1. The van der Waals surface area contributed by atoms with Crippen LogP contribution < -0.4 is 4.74 Å². The summed E-state index contributed by atoms with van der Waals surface area (Å²) in [5.74, 6) is 0.239. The van der Waals surface area contributed by atoms with Crippen molar-refractivity contribution < 1.29 is 14.6 Å². The summed E-state index contributed by atoms with van der Waals surface area (Å²) >= 11 is 0. The van der Waals surface area contributed by atoms with Gasteiger partial charge in [-0.05, 0) is 62.5 Å². The molecule has 36 heavy (non-hydrogen) atoms. The highest BCUT2D eigenvalue weighted by atomic mass is 16.5. The van der Waals surface area contributed by atoms with E-state index in [1.807, 2.05) is 97.1 Å². The number of carbonyl (C=O) groups is 1. The molecule has 6 rings (SSSR count). The molecule has 0 radical (unpaired) electrons. The molecule has 0 bridgehead atoms. The Labute approximate surface area is 208 Å². The summed E-state index contributed by atoms with van der Waals surface area (Å²) in [4.78, 5) is 12.9. The lowest BCUT2D eigenvalue weighted by Crippen LogP contribution is -2.04. The van der Waals surface area contributed by atoms with Crippen LogP contribution in [0.25, 0.3) is 49.5 Å². The lowest BCUT2D eigenvalue weighted by atomic mass is 9.93. The molecule has 0 aromatic heterocycles. The van der Waals surface area contributed by atoms with Crippen molar-refractivity contribution in [1.82, 2.24) is 0 Å². The number of esters is 1. The normalized spacial score (nSPS) is 11.4. The zero-order chi connectivity index (χ0) is 24.5. The van der Waals surface area contributed by atoms with Gasteiger partial charge in [0.1, 0.15) is 11.5 Å². The minimum Gasteiger partial charge on any atom is -0.507 e. The van der Waals surface area contributed by atoms with Crippen molar-refractivity contribution in [1.29, 1.82) is 0 Å². The average Bonchev–Trinajstić information content (AvgIpc) is 2.91. The Morgan fingerprint density at radius 3 is 2.00 bits per heavy atom. The maximum Gasteiger partial charge on any atom is 0.336 e. The number of aromatic hydroxyl groups is 1. The predicted octanol–water partition coefficient (Wildman–Crippen LogP) is 8.14. The van der Waals surface area contributed by atoms with Crippen molar-refractivity contribution in [3.05, 3.63) is 127 Å². The highest BCUT2D eigenvalue weighted by molar-refractivity contribution is 6.10. The molecule has 1 N–H and O–H groups in total. The molecule has 0 fully saturated rings. The molecule has 0 amide bonds. The van der Waals surface area contributed by atoms with Gasteiger partial charge in [0.05, 0.1) is 0 Å². The molecule has 0 aliphatic rings. The highest BCUT2D eigenvalue weighted by Gasteiger charge is 2.15. The summed E-state index contributed by atoms with van der Waals surface area (Å²) in [7, 11) is 0. The number of phenolic OH excluding ortho intramolecular Hbond substituents is 1. The lowest BCUT2D eigenvalue weighted by Gasteiger charge is -2.14. The smallest absolute Gasteiger partial charge is 0.336 e. The molecule has 6 aromatic rings. The van der Waals surface area contributed by atoms with E-state index in [2.05, 4.69) is 6.07 Å². The Bertz CT molecular complexity index is 1790. The van der Waals surface area contributed by atoms with Crippen LogP contribution in [0.2, 0.25) is 0 Å². The van der Waals surface area contributed by atoms with Crippen molar-refractivity contribution in [3.8, 4) is 22.6 Å². The molecule has 0 unspecified atom stereocenters. The Morgan fingerprint density at radius 1 is 0.611 bits per heavy atom. The average molecular weight is 467 g/mol. The lowest BCUT2D eigenvalue weighted by molar-refractivity contribution is -0.128. The van der Waals surface area contributed by atoms with Crippen LogP contribution in [-0.4, -0.2) is 11.1 Å². The van der Waals surface area contributed by atoms with Gasteiger partial charge in [0.2, 0.25) is 0 Å².